The van der Waals surface area contributed by atoms with Crippen LogP contribution in [0.4, 0.5) is 0 Å². The maximum absolute atomic E-state index is 10.9. The second kappa shape index (κ2) is 4.64. The molecule has 3 heteroatoms. The summed E-state index contributed by atoms with van der Waals surface area (Å²) in [4.78, 5) is 10.9. The van der Waals surface area contributed by atoms with Crippen molar-refractivity contribution >= 4 is 5.97 Å². The van der Waals surface area contributed by atoms with Crippen LogP contribution in [0.2, 0.25) is 0 Å². The molecule has 0 aliphatic rings. The maximum Gasteiger partial charge on any atom is 0.371 e. The molecule has 1 aromatic rings. The Labute approximate surface area is 89.0 Å². The van der Waals surface area contributed by atoms with Crippen molar-refractivity contribution in [2.75, 3.05) is 0 Å². The third kappa shape index (κ3) is 2.84. The van der Waals surface area contributed by atoms with Crippen LogP contribution < -0.4 is 4.74 Å². The summed E-state index contributed by atoms with van der Waals surface area (Å²) in [5, 5.41) is 8.91. The highest BCUT2D eigenvalue weighted by Gasteiger charge is 2.12. The van der Waals surface area contributed by atoms with Gasteiger partial charge in [-0.25, -0.2) is 4.79 Å². The number of hydrogen-bond acceptors (Lipinski definition) is 2. The topological polar surface area (TPSA) is 46.5 Å². The molecule has 0 saturated carbocycles. The van der Waals surface area contributed by atoms with Crippen molar-refractivity contribution in [2.45, 2.75) is 20.8 Å². The zero-order chi connectivity index (χ0) is 11.4. The first-order chi connectivity index (χ1) is 7.02. The summed E-state index contributed by atoms with van der Waals surface area (Å²) >= 11 is 0. The lowest BCUT2D eigenvalue weighted by molar-refractivity contribution is -0.135. The first kappa shape index (κ1) is 11.3. The number of benzene rings is 1. The average Bonchev–Trinajstić information content (AvgIpc) is 2.15. The molecule has 0 spiro atoms. The number of carbonyl (C=O) groups is 1. The van der Waals surface area contributed by atoms with Crippen molar-refractivity contribution in [3.63, 3.8) is 0 Å². The first-order valence-electron chi connectivity index (χ1n) is 4.66. The molecular weight excluding hydrogens is 192 g/mol. The third-order valence-corrected chi connectivity index (χ3v) is 1.95. The molecule has 15 heavy (non-hydrogen) atoms. The van der Waals surface area contributed by atoms with Crippen LogP contribution in [0.25, 0.3) is 0 Å². The molecule has 0 amide bonds. The zero-order valence-electron chi connectivity index (χ0n) is 9.07. The zero-order valence-corrected chi connectivity index (χ0v) is 9.07. The van der Waals surface area contributed by atoms with E-state index in [2.05, 4.69) is 0 Å². The molecule has 0 atom stereocenters. The van der Waals surface area contributed by atoms with Gasteiger partial charge in [-0.15, -0.1) is 0 Å². The van der Waals surface area contributed by atoms with E-state index in [4.69, 9.17) is 9.84 Å². The normalized spacial score (nSPS) is 9.53. The van der Waals surface area contributed by atoms with Crippen LogP contribution in [0.5, 0.6) is 5.75 Å². The SMILES string of the molecule is CC(C)=C(Oc1ccccc1C)C(=O)O. The Morgan fingerprint density at radius 1 is 1.27 bits per heavy atom. The van der Waals surface area contributed by atoms with E-state index < -0.39 is 5.97 Å². The van der Waals surface area contributed by atoms with Crippen LogP contribution in [-0.2, 0) is 4.79 Å². The third-order valence-electron chi connectivity index (χ3n) is 1.95. The summed E-state index contributed by atoms with van der Waals surface area (Å²) in [6.07, 6.45) is 0. The maximum atomic E-state index is 10.9. The molecule has 3 nitrogen and oxygen atoms in total. The first-order valence-corrected chi connectivity index (χ1v) is 4.66. The number of aliphatic carboxylic acids is 1. The summed E-state index contributed by atoms with van der Waals surface area (Å²) < 4.78 is 5.35. The molecule has 0 saturated heterocycles. The van der Waals surface area contributed by atoms with Crippen LogP contribution in [0.1, 0.15) is 19.4 Å². The monoisotopic (exact) mass is 206 g/mol. The van der Waals surface area contributed by atoms with Crippen molar-refractivity contribution in [3.8, 4) is 5.75 Å². The van der Waals surface area contributed by atoms with Crippen molar-refractivity contribution in [1.82, 2.24) is 0 Å². The predicted octanol–water partition coefficient (Wildman–Crippen LogP) is 2.75. The molecule has 1 aromatic carbocycles. The van der Waals surface area contributed by atoms with Gasteiger partial charge in [-0.3, -0.25) is 0 Å². The lowest BCUT2D eigenvalue weighted by Crippen LogP contribution is -2.10. The van der Waals surface area contributed by atoms with Gasteiger partial charge in [-0.05, 0) is 38.0 Å². The molecule has 1 N–H and O–H groups in total. The molecule has 0 fully saturated rings. The summed E-state index contributed by atoms with van der Waals surface area (Å²) in [5.74, 6) is -0.473. The van der Waals surface area contributed by atoms with Gasteiger partial charge in [-0.1, -0.05) is 18.2 Å². The molecular formula is C12H14O3. The molecule has 0 unspecified atom stereocenters. The van der Waals surface area contributed by atoms with Gasteiger partial charge in [-0.2, -0.15) is 0 Å². The minimum absolute atomic E-state index is 0.00991. The second-order valence-electron chi connectivity index (χ2n) is 3.50. The minimum atomic E-state index is -1.04. The Kier molecular flexibility index (Phi) is 3.50. The Balaban J connectivity index is 3.00. The highest BCUT2D eigenvalue weighted by Crippen LogP contribution is 2.20. The van der Waals surface area contributed by atoms with Crippen LogP contribution in [-0.4, -0.2) is 11.1 Å². The van der Waals surface area contributed by atoms with Crippen molar-refractivity contribution in [1.29, 1.82) is 0 Å². The Morgan fingerprint density at radius 2 is 1.87 bits per heavy atom. The number of aryl methyl sites for hydroxylation is 1. The number of carboxylic acids is 1. The molecule has 0 heterocycles. The van der Waals surface area contributed by atoms with E-state index in [-0.39, 0.29) is 5.76 Å². The lowest BCUT2D eigenvalue weighted by Gasteiger charge is -2.09. The Bertz CT molecular complexity index is 401. The van der Waals surface area contributed by atoms with Crippen LogP contribution in [0.3, 0.4) is 0 Å². The highest BCUT2D eigenvalue weighted by atomic mass is 16.5. The average molecular weight is 206 g/mol. The smallest absolute Gasteiger partial charge is 0.371 e. The number of allylic oxidation sites excluding steroid dienone is 1. The number of hydrogen-bond donors (Lipinski definition) is 1. The summed E-state index contributed by atoms with van der Waals surface area (Å²) in [6.45, 7) is 5.29. The van der Waals surface area contributed by atoms with Crippen LogP contribution in [0.15, 0.2) is 35.6 Å². The van der Waals surface area contributed by atoms with Gasteiger partial charge in [0.05, 0.1) is 0 Å². The number of carboxylic acid groups (broad SMARTS) is 1. The molecule has 80 valence electrons. The second-order valence-corrected chi connectivity index (χ2v) is 3.50. The largest absolute Gasteiger partial charge is 0.475 e. The molecule has 0 radical (unpaired) electrons. The van der Waals surface area contributed by atoms with Crippen LogP contribution >= 0.6 is 0 Å². The molecule has 1 rings (SSSR count). The van der Waals surface area contributed by atoms with Gasteiger partial charge in [0, 0.05) is 0 Å². The fourth-order valence-electron chi connectivity index (χ4n) is 1.14. The van der Waals surface area contributed by atoms with Crippen LogP contribution in [0, 0.1) is 6.92 Å². The Hall–Kier alpha value is -1.77. The van der Waals surface area contributed by atoms with Gasteiger partial charge in [0.15, 0.2) is 0 Å². The standard InChI is InChI=1S/C12H14O3/c1-8(2)11(12(13)14)15-10-7-5-4-6-9(10)3/h4-7H,1-3H3,(H,13,14). The van der Waals surface area contributed by atoms with Crippen molar-refractivity contribution < 1.29 is 14.6 Å². The fraction of sp³-hybridized carbons (Fsp3) is 0.250. The quantitative estimate of drug-likeness (QED) is 0.611. The predicted molar refractivity (Wildman–Crippen MR) is 57.8 cm³/mol. The highest BCUT2D eigenvalue weighted by molar-refractivity contribution is 5.85. The van der Waals surface area contributed by atoms with Gasteiger partial charge in [0.1, 0.15) is 5.75 Å². The number of rotatable bonds is 3. The van der Waals surface area contributed by atoms with E-state index >= 15 is 0 Å². The van der Waals surface area contributed by atoms with Gasteiger partial charge < -0.3 is 9.84 Å². The van der Waals surface area contributed by atoms with Gasteiger partial charge in [0.25, 0.3) is 0 Å². The number of para-hydroxylation sites is 1. The van der Waals surface area contributed by atoms with E-state index in [0.717, 1.165) is 5.56 Å². The van der Waals surface area contributed by atoms with E-state index in [1.165, 1.54) is 0 Å². The lowest BCUT2D eigenvalue weighted by atomic mass is 10.2. The summed E-state index contributed by atoms with van der Waals surface area (Å²) in [7, 11) is 0. The van der Waals surface area contributed by atoms with Gasteiger partial charge in [0.2, 0.25) is 5.76 Å². The fourth-order valence-corrected chi connectivity index (χ4v) is 1.14. The van der Waals surface area contributed by atoms with Crippen molar-refractivity contribution in [2.24, 2.45) is 0 Å². The summed E-state index contributed by atoms with van der Waals surface area (Å²) in [6, 6.07) is 7.32. The van der Waals surface area contributed by atoms with E-state index in [1.807, 2.05) is 25.1 Å². The van der Waals surface area contributed by atoms with Gasteiger partial charge >= 0.3 is 5.97 Å². The molecule has 0 bridgehead atoms. The van der Waals surface area contributed by atoms with Crippen molar-refractivity contribution in [3.05, 3.63) is 41.2 Å². The molecule has 0 aromatic heterocycles. The Morgan fingerprint density at radius 3 is 2.33 bits per heavy atom. The van der Waals surface area contributed by atoms with E-state index in [0.29, 0.717) is 11.3 Å². The number of ether oxygens (including phenoxy) is 1. The summed E-state index contributed by atoms with van der Waals surface area (Å²) in [5.41, 5.74) is 1.56. The molecule has 0 aliphatic heterocycles. The van der Waals surface area contributed by atoms with E-state index in [9.17, 15) is 4.79 Å². The van der Waals surface area contributed by atoms with E-state index in [1.54, 1.807) is 19.9 Å². The minimum Gasteiger partial charge on any atom is -0.475 e. The molecule has 0 aliphatic carbocycles.